The fourth-order valence-electron chi connectivity index (χ4n) is 6.49. The molecule has 0 saturated heterocycles. The molecule has 6 fully saturated rings. The van der Waals surface area contributed by atoms with Crippen LogP contribution in [0.15, 0.2) is 5.10 Å². The van der Waals surface area contributed by atoms with Crippen molar-refractivity contribution in [1.29, 1.82) is 0 Å². The highest BCUT2D eigenvalue weighted by Gasteiger charge is 2.82. The van der Waals surface area contributed by atoms with Gasteiger partial charge in [-0.15, -0.1) is 0 Å². The van der Waals surface area contributed by atoms with Crippen molar-refractivity contribution in [2.45, 2.75) is 10.3 Å². The molecule has 0 aliphatic heterocycles. The molecular weight excluding hydrogens is 345 g/mol. The second-order valence-corrected chi connectivity index (χ2v) is 8.26. The molecule has 0 spiro atoms. The molecule has 3 N–H and O–H groups in total. The van der Waals surface area contributed by atoms with Crippen LogP contribution in [-0.4, -0.2) is 14.7 Å². The van der Waals surface area contributed by atoms with Crippen molar-refractivity contribution in [3.63, 3.8) is 0 Å². The Balaban J connectivity index is 1.62. The molecule has 0 radical (unpaired) electrons. The maximum atomic E-state index is 5.50. The molecule has 5 heteroatoms. The molecule has 6 aliphatic rings. The first-order chi connectivity index (χ1) is 8.20. The quantitative estimate of drug-likeness (QED) is 0.322. The van der Waals surface area contributed by atoms with E-state index in [0.717, 1.165) is 51.3 Å². The predicted molar refractivity (Wildman–Crippen MR) is 77.7 cm³/mol. The lowest BCUT2D eigenvalue weighted by atomic mass is 9.71. The zero-order valence-electron chi connectivity index (χ0n) is 9.21. The van der Waals surface area contributed by atoms with Gasteiger partial charge in [0.15, 0.2) is 5.11 Å². The largest absolute Gasteiger partial charge is 0.375 e. The smallest absolute Gasteiger partial charge is 0.184 e. The minimum atomic E-state index is 0.307. The first kappa shape index (κ1) is 9.95. The summed E-state index contributed by atoms with van der Waals surface area (Å²) in [6, 6.07) is 0. The van der Waals surface area contributed by atoms with Crippen LogP contribution in [0.25, 0.3) is 0 Å². The van der Waals surface area contributed by atoms with Gasteiger partial charge in [-0.05, 0) is 54.1 Å². The molecule has 17 heavy (non-hydrogen) atoms. The number of hydrogen-bond acceptors (Lipinski definition) is 2. The van der Waals surface area contributed by atoms with Crippen molar-refractivity contribution in [2.75, 3.05) is 0 Å². The van der Waals surface area contributed by atoms with Crippen LogP contribution in [0.1, 0.15) is 6.42 Å². The average molecular weight is 359 g/mol. The molecule has 0 heterocycles. The lowest BCUT2D eigenvalue weighted by Gasteiger charge is -2.32. The van der Waals surface area contributed by atoms with Crippen molar-refractivity contribution in [3.8, 4) is 0 Å². The predicted octanol–water partition coefficient (Wildman–Crippen LogP) is 1.37. The van der Waals surface area contributed by atoms with Crippen LogP contribution in [0.3, 0.4) is 0 Å². The lowest BCUT2D eigenvalue weighted by Crippen LogP contribution is -2.30. The van der Waals surface area contributed by atoms with Crippen molar-refractivity contribution >= 4 is 45.6 Å². The standard InChI is InChI=1S/C12H14IN3S/c13-10-6-2-1-3-4(6)9-8(10)5(2)7(3)11(9)15-16-12(14)17/h2-10H,1H2,(H3,14,16,17)/b15-11+/t2-,3+,4-,5+,6-,7-,8-,9+,10+/m0/s1. The highest BCUT2D eigenvalue weighted by molar-refractivity contribution is 14.1. The first-order valence-corrected chi connectivity index (χ1v) is 8.12. The molecule has 6 rings (SSSR count). The lowest BCUT2D eigenvalue weighted by molar-refractivity contribution is 0.132. The number of thiocarbonyl (C=S) groups is 1. The Bertz CT molecular complexity index is 476. The van der Waals surface area contributed by atoms with Gasteiger partial charge in [0.05, 0.1) is 0 Å². The summed E-state index contributed by atoms with van der Waals surface area (Å²) < 4.78 is 0.921. The van der Waals surface area contributed by atoms with Crippen LogP contribution in [-0.2, 0) is 0 Å². The van der Waals surface area contributed by atoms with Gasteiger partial charge >= 0.3 is 0 Å². The highest BCUT2D eigenvalue weighted by Crippen LogP contribution is 2.82. The van der Waals surface area contributed by atoms with E-state index in [1.54, 1.807) is 0 Å². The summed E-state index contributed by atoms with van der Waals surface area (Å²) in [6.45, 7) is 0. The van der Waals surface area contributed by atoms with E-state index in [1.165, 1.54) is 12.1 Å². The Labute approximate surface area is 119 Å². The first-order valence-electron chi connectivity index (χ1n) is 6.47. The SMILES string of the molecule is NC(=S)N/N=C1\[C@H]2[C@@H]3C[C@H]4[C@H]2[C@@H]2[C@H](I)[C@@H]4[C@H]3[C@@H]12. The van der Waals surface area contributed by atoms with E-state index in [-0.39, 0.29) is 0 Å². The van der Waals surface area contributed by atoms with Gasteiger partial charge in [-0.2, -0.15) is 5.10 Å². The van der Waals surface area contributed by atoms with E-state index in [4.69, 9.17) is 18.0 Å². The van der Waals surface area contributed by atoms with Crippen molar-refractivity contribution < 1.29 is 0 Å². The van der Waals surface area contributed by atoms with Crippen LogP contribution in [0.2, 0.25) is 0 Å². The molecular formula is C12H14IN3S. The Morgan fingerprint density at radius 1 is 1.24 bits per heavy atom. The third-order valence-corrected chi connectivity index (χ3v) is 8.09. The van der Waals surface area contributed by atoms with E-state index in [1.807, 2.05) is 0 Å². The van der Waals surface area contributed by atoms with Crippen LogP contribution >= 0.6 is 34.8 Å². The van der Waals surface area contributed by atoms with Gasteiger partial charge in [0.1, 0.15) is 0 Å². The van der Waals surface area contributed by atoms with Crippen molar-refractivity contribution in [2.24, 2.45) is 58.2 Å². The molecule has 0 unspecified atom stereocenters. The zero-order chi connectivity index (χ0) is 11.5. The molecule has 0 amide bonds. The van der Waals surface area contributed by atoms with E-state index >= 15 is 0 Å². The molecule has 0 aromatic heterocycles. The number of alkyl halides is 1. The Hall–Kier alpha value is 0.0900. The Morgan fingerprint density at radius 3 is 2.71 bits per heavy atom. The summed E-state index contributed by atoms with van der Waals surface area (Å²) in [5, 5.41) is 4.88. The highest BCUT2D eigenvalue weighted by atomic mass is 127. The number of hydrogen-bond donors (Lipinski definition) is 2. The van der Waals surface area contributed by atoms with E-state index in [2.05, 4.69) is 33.1 Å². The van der Waals surface area contributed by atoms with Gasteiger partial charge in [0.2, 0.25) is 0 Å². The summed E-state index contributed by atoms with van der Waals surface area (Å²) in [6.07, 6.45) is 1.49. The van der Waals surface area contributed by atoms with Gasteiger partial charge < -0.3 is 5.73 Å². The number of nitrogens with one attached hydrogen (secondary N) is 1. The number of halogens is 1. The molecule has 3 nitrogen and oxygen atoms in total. The zero-order valence-corrected chi connectivity index (χ0v) is 12.2. The summed E-state index contributed by atoms with van der Waals surface area (Å²) in [7, 11) is 0. The molecule has 0 aromatic rings. The van der Waals surface area contributed by atoms with Crippen LogP contribution in [0.5, 0.6) is 0 Å². The topological polar surface area (TPSA) is 50.4 Å². The second-order valence-electron chi connectivity index (χ2n) is 6.38. The van der Waals surface area contributed by atoms with Gasteiger partial charge in [0, 0.05) is 21.5 Å². The number of rotatable bonds is 1. The molecule has 6 aliphatic carbocycles. The van der Waals surface area contributed by atoms with E-state index in [0.29, 0.717) is 5.11 Å². The Morgan fingerprint density at radius 2 is 2.00 bits per heavy atom. The fourth-order valence-corrected chi connectivity index (χ4v) is 8.48. The summed E-state index contributed by atoms with van der Waals surface area (Å²) >= 11 is 7.59. The van der Waals surface area contributed by atoms with Gasteiger partial charge in [0.25, 0.3) is 0 Å². The van der Waals surface area contributed by atoms with Gasteiger partial charge in [-0.25, -0.2) is 0 Å². The van der Waals surface area contributed by atoms with Crippen molar-refractivity contribution in [3.05, 3.63) is 0 Å². The van der Waals surface area contributed by atoms with Crippen LogP contribution < -0.4 is 11.2 Å². The third kappa shape index (κ3) is 0.856. The van der Waals surface area contributed by atoms with Crippen LogP contribution in [0, 0.1) is 47.3 Å². The maximum Gasteiger partial charge on any atom is 0.184 e. The van der Waals surface area contributed by atoms with Gasteiger partial charge in [-0.3, -0.25) is 5.43 Å². The minimum absolute atomic E-state index is 0.307. The van der Waals surface area contributed by atoms with Gasteiger partial charge in [-0.1, -0.05) is 22.6 Å². The second kappa shape index (κ2) is 2.81. The summed E-state index contributed by atoms with van der Waals surface area (Å²) in [5.74, 6) is 7.46. The van der Waals surface area contributed by atoms with Crippen LogP contribution in [0.4, 0.5) is 0 Å². The minimum Gasteiger partial charge on any atom is -0.375 e. The molecule has 90 valence electrons. The average Bonchev–Trinajstić information content (AvgIpc) is 2.97. The molecule has 6 bridgehead atoms. The molecule has 9 atom stereocenters. The number of nitrogens with zero attached hydrogens (tertiary/aromatic N) is 1. The maximum absolute atomic E-state index is 5.50. The number of hydrazone groups is 1. The normalized spacial score (nSPS) is 65.7. The third-order valence-electron chi connectivity index (χ3n) is 6.34. The monoisotopic (exact) mass is 359 g/mol. The number of nitrogens with two attached hydrogens (primary N) is 1. The van der Waals surface area contributed by atoms with E-state index in [9.17, 15) is 0 Å². The van der Waals surface area contributed by atoms with E-state index < -0.39 is 0 Å². The fraction of sp³-hybridized carbons (Fsp3) is 0.833. The Kier molecular flexibility index (Phi) is 1.65. The summed E-state index contributed by atoms with van der Waals surface area (Å²) in [4.78, 5) is 0. The molecule has 6 saturated carbocycles. The molecule has 0 aromatic carbocycles. The van der Waals surface area contributed by atoms with Crippen molar-refractivity contribution in [1.82, 2.24) is 5.43 Å². The summed E-state index contributed by atoms with van der Waals surface area (Å²) in [5.41, 5.74) is 9.78.